The van der Waals surface area contributed by atoms with Crippen LogP contribution in [0.3, 0.4) is 0 Å². The van der Waals surface area contributed by atoms with Crippen molar-refractivity contribution in [3.63, 3.8) is 0 Å². The predicted molar refractivity (Wildman–Crippen MR) is 144 cm³/mol. The average molecular weight is 598 g/mol. The molecule has 3 aromatic carbocycles. The van der Waals surface area contributed by atoms with Gasteiger partial charge in [0.05, 0.1) is 40.0 Å². The number of amides is 2. The number of hydroxylamine groups is 1. The van der Waals surface area contributed by atoms with E-state index in [0.717, 1.165) is 4.90 Å². The van der Waals surface area contributed by atoms with E-state index in [9.17, 15) is 24.8 Å². The van der Waals surface area contributed by atoms with Crippen LogP contribution >= 0.6 is 15.9 Å². The van der Waals surface area contributed by atoms with Crippen molar-refractivity contribution < 1.29 is 33.9 Å². The van der Waals surface area contributed by atoms with E-state index in [1.54, 1.807) is 49.4 Å². The lowest BCUT2D eigenvalue weighted by Gasteiger charge is -2.29. The van der Waals surface area contributed by atoms with Crippen LogP contribution in [0.2, 0.25) is 0 Å². The molecular weight excluding hydrogens is 574 g/mol. The fourth-order valence-electron chi connectivity index (χ4n) is 4.88. The summed E-state index contributed by atoms with van der Waals surface area (Å²) in [6.07, 6.45) is -1.19. The van der Waals surface area contributed by atoms with Gasteiger partial charge in [0.2, 0.25) is 5.91 Å². The van der Waals surface area contributed by atoms with Crippen LogP contribution < -0.4 is 19.4 Å². The topological polar surface area (TPSA) is 132 Å². The van der Waals surface area contributed by atoms with Crippen LogP contribution in [-0.4, -0.2) is 41.2 Å². The molecule has 2 heterocycles. The van der Waals surface area contributed by atoms with Crippen LogP contribution in [-0.2, 0) is 14.4 Å². The number of nitro groups is 1. The number of ether oxygens (including phenoxy) is 2. The lowest BCUT2D eigenvalue weighted by molar-refractivity contribution is -0.384. The first-order valence-corrected chi connectivity index (χ1v) is 13.0. The Hall–Kier alpha value is -4.16. The number of carbonyl (C=O) groups is 2. The molecule has 0 saturated carbocycles. The molecular formula is C27H24BrN3O8. The molecule has 2 aliphatic rings. The van der Waals surface area contributed by atoms with Crippen molar-refractivity contribution in [2.24, 2.45) is 5.92 Å². The van der Waals surface area contributed by atoms with Crippen LogP contribution in [0, 0.1) is 16.0 Å². The highest BCUT2D eigenvalue weighted by molar-refractivity contribution is 9.10. The SMILES string of the molecule is CCOc1cccc(N2C(=O)[C@H]3[C@H](ON(c4cccc([N+](=O)[O-])c4)[C@H]3c3cc(Br)c(O)c(OCC)c3)C2=O)c1. The van der Waals surface area contributed by atoms with Gasteiger partial charge in [-0.05, 0) is 65.7 Å². The van der Waals surface area contributed by atoms with Crippen LogP contribution in [0.25, 0.3) is 0 Å². The van der Waals surface area contributed by atoms with Crippen molar-refractivity contribution in [1.29, 1.82) is 0 Å². The number of phenols is 1. The summed E-state index contributed by atoms with van der Waals surface area (Å²) in [4.78, 5) is 45.6. The van der Waals surface area contributed by atoms with Crippen LogP contribution in [0.15, 0.2) is 65.1 Å². The van der Waals surface area contributed by atoms with Crippen molar-refractivity contribution >= 4 is 44.8 Å². The molecule has 0 bridgehead atoms. The van der Waals surface area contributed by atoms with Crippen LogP contribution in [0.5, 0.6) is 17.2 Å². The second kappa shape index (κ2) is 10.5. The Morgan fingerprint density at radius 3 is 2.44 bits per heavy atom. The Morgan fingerprint density at radius 2 is 1.72 bits per heavy atom. The number of halogens is 1. The van der Waals surface area contributed by atoms with Crippen molar-refractivity contribution in [2.75, 3.05) is 23.2 Å². The summed E-state index contributed by atoms with van der Waals surface area (Å²) in [6.45, 7) is 4.28. The number of hydrogen-bond donors (Lipinski definition) is 1. The Morgan fingerprint density at radius 1 is 1.00 bits per heavy atom. The molecule has 0 aromatic heterocycles. The zero-order valence-corrected chi connectivity index (χ0v) is 22.5. The van der Waals surface area contributed by atoms with Crippen molar-refractivity contribution in [1.82, 2.24) is 0 Å². The van der Waals surface area contributed by atoms with E-state index in [4.69, 9.17) is 14.3 Å². The molecule has 12 heteroatoms. The zero-order chi connectivity index (χ0) is 27.8. The summed E-state index contributed by atoms with van der Waals surface area (Å²) < 4.78 is 11.4. The van der Waals surface area contributed by atoms with Crippen molar-refractivity contribution in [3.8, 4) is 17.2 Å². The zero-order valence-electron chi connectivity index (χ0n) is 20.9. The van der Waals surface area contributed by atoms with E-state index in [0.29, 0.717) is 28.1 Å². The average Bonchev–Trinajstić information content (AvgIpc) is 3.43. The number of non-ortho nitro benzene ring substituents is 1. The smallest absolute Gasteiger partial charge is 0.271 e. The summed E-state index contributed by atoms with van der Waals surface area (Å²) in [5.41, 5.74) is 0.946. The van der Waals surface area contributed by atoms with Crippen LogP contribution in [0.4, 0.5) is 17.1 Å². The molecule has 0 spiro atoms. The molecule has 2 amide bonds. The summed E-state index contributed by atoms with van der Waals surface area (Å²) in [5, 5.41) is 23.3. The maximum atomic E-state index is 13.9. The second-order valence-electron chi connectivity index (χ2n) is 8.82. The van der Waals surface area contributed by atoms with E-state index in [1.807, 2.05) is 6.92 Å². The molecule has 0 radical (unpaired) electrons. The van der Waals surface area contributed by atoms with Gasteiger partial charge in [-0.15, -0.1) is 0 Å². The molecule has 5 rings (SSSR count). The Bertz CT molecular complexity index is 1460. The molecule has 202 valence electrons. The van der Waals surface area contributed by atoms with Crippen LogP contribution in [0.1, 0.15) is 25.5 Å². The number of hydrogen-bond acceptors (Lipinski definition) is 9. The van der Waals surface area contributed by atoms with Crippen molar-refractivity contribution in [2.45, 2.75) is 26.0 Å². The molecule has 1 N–H and O–H groups in total. The standard InChI is InChI=1S/C27H24BrN3O8/c1-3-37-19-10-6-7-16(14-19)29-26(33)22-23(15-11-20(28)24(32)21(12-15)38-4-2)30(39-25(22)27(29)34)17-8-5-9-18(13-17)31(35)36/h5-14,22-23,25,32H,3-4H2,1-2H3/t22-,23+,25+/m1/s1. The Balaban J connectivity index is 1.62. The third-order valence-corrected chi connectivity index (χ3v) is 7.09. The first-order valence-electron chi connectivity index (χ1n) is 12.2. The normalized spacial score (nSPS) is 20.3. The number of imide groups is 1. The predicted octanol–water partition coefficient (Wildman–Crippen LogP) is 4.91. The number of nitrogens with zero attached hydrogens (tertiary/aromatic N) is 3. The maximum absolute atomic E-state index is 13.9. The lowest BCUT2D eigenvalue weighted by Crippen LogP contribution is -2.37. The minimum atomic E-state index is -1.19. The monoisotopic (exact) mass is 597 g/mol. The van der Waals surface area contributed by atoms with E-state index in [2.05, 4.69) is 15.9 Å². The Labute approximate surface area is 231 Å². The highest BCUT2D eigenvalue weighted by Crippen LogP contribution is 2.50. The first-order chi connectivity index (χ1) is 18.7. The first kappa shape index (κ1) is 26.4. The number of rotatable bonds is 8. The molecule has 11 nitrogen and oxygen atoms in total. The second-order valence-corrected chi connectivity index (χ2v) is 9.68. The third kappa shape index (κ3) is 4.66. The van der Waals surface area contributed by atoms with E-state index < -0.39 is 34.8 Å². The van der Waals surface area contributed by atoms with Gasteiger partial charge in [-0.3, -0.25) is 24.5 Å². The van der Waals surface area contributed by atoms with Gasteiger partial charge in [0, 0.05) is 18.2 Å². The maximum Gasteiger partial charge on any atom is 0.271 e. The van der Waals surface area contributed by atoms with E-state index >= 15 is 0 Å². The molecule has 3 atom stereocenters. The fourth-order valence-corrected chi connectivity index (χ4v) is 5.34. The molecule has 2 fully saturated rings. The molecule has 2 aliphatic heterocycles. The van der Waals surface area contributed by atoms with Gasteiger partial charge in [0.15, 0.2) is 17.6 Å². The van der Waals surface area contributed by atoms with Gasteiger partial charge >= 0.3 is 0 Å². The van der Waals surface area contributed by atoms with Gasteiger partial charge in [0.25, 0.3) is 11.6 Å². The molecule has 2 saturated heterocycles. The number of aromatic hydroxyl groups is 1. The van der Waals surface area contributed by atoms with Gasteiger partial charge in [-0.1, -0.05) is 12.1 Å². The largest absolute Gasteiger partial charge is 0.503 e. The minimum Gasteiger partial charge on any atom is -0.503 e. The number of benzene rings is 3. The highest BCUT2D eigenvalue weighted by atomic mass is 79.9. The number of carbonyl (C=O) groups excluding carboxylic acids is 2. The van der Waals surface area contributed by atoms with Crippen molar-refractivity contribution in [3.05, 3.63) is 80.8 Å². The molecule has 39 heavy (non-hydrogen) atoms. The molecule has 3 aromatic rings. The summed E-state index contributed by atoms with van der Waals surface area (Å²) >= 11 is 3.34. The van der Waals surface area contributed by atoms with Gasteiger partial charge in [-0.2, -0.15) is 0 Å². The number of fused-ring (bicyclic) bond motifs is 1. The van der Waals surface area contributed by atoms with Gasteiger partial charge in [0.1, 0.15) is 11.7 Å². The highest BCUT2D eigenvalue weighted by Gasteiger charge is 2.60. The minimum absolute atomic E-state index is 0.124. The molecule has 0 unspecified atom stereocenters. The van der Waals surface area contributed by atoms with Gasteiger partial charge in [-0.25, -0.2) is 9.96 Å². The summed E-state index contributed by atoms with van der Waals surface area (Å²) in [7, 11) is 0. The van der Waals surface area contributed by atoms with E-state index in [-0.39, 0.29) is 29.5 Å². The van der Waals surface area contributed by atoms with E-state index in [1.165, 1.54) is 23.3 Å². The molecule has 0 aliphatic carbocycles. The summed E-state index contributed by atoms with van der Waals surface area (Å²) in [5.74, 6) is -1.52. The number of phenolic OH excluding ortho intramolecular Hbond substituents is 1. The lowest BCUT2D eigenvalue weighted by atomic mass is 9.90. The summed E-state index contributed by atoms with van der Waals surface area (Å²) in [6, 6.07) is 14.7. The number of anilines is 2. The third-order valence-electron chi connectivity index (χ3n) is 6.49. The van der Waals surface area contributed by atoms with Gasteiger partial charge < -0.3 is 14.6 Å². The Kier molecular flexibility index (Phi) is 7.15. The number of nitro benzene ring substituents is 1. The quantitative estimate of drug-likeness (QED) is 0.218. The fraction of sp³-hybridized carbons (Fsp3) is 0.259.